The van der Waals surface area contributed by atoms with Crippen LogP contribution in [0.5, 0.6) is 0 Å². The summed E-state index contributed by atoms with van der Waals surface area (Å²) in [5.74, 6) is 0. The minimum atomic E-state index is -2.43. The van der Waals surface area contributed by atoms with E-state index in [0.29, 0.717) is 26.4 Å². The third-order valence-corrected chi connectivity index (χ3v) is 10.8. The summed E-state index contributed by atoms with van der Waals surface area (Å²) in [4.78, 5) is 13.6. The van der Waals surface area contributed by atoms with Gasteiger partial charge in [0.15, 0.2) is 0 Å². The number of rotatable bonds is 33. The van der Waals surface area contributed by atoms with Gasteiger partial charge < -0.3 is 13.3 Å². The van der Waals surface area contributed by atoms with Crippen LogP contribution in [0.2, 0.25) is 6.04 Å². The Morgan fingerprint density at radius 2 is 0.692 bits per heavy atom. The van der Waals surface area contributed by atoms with Gasteiger partial charge >= 0.3 is 8.80 Å². The molecule has 39 heavy (non-hydrogen) atoms. The van der Waals surface area contributed by atoms with Crippen molar-refractivity contribution in [2.24, 2.45) is 4.99 Å². The topological polar surface area (TPSA) is 57.1 Å². The lowest BCUT2D eigenvalue weighted by molar-refractivity contribution is 0.0706. The molecule has 0 spiro atoms. The van der Waals surface area contributed by atoms with Crippen molar-refractivity contribution in [2.75, 3.05) is 26.4 Å². The summed E-state index contributed by atoms with van der Waals surface area (Å²) in [7, 11) is -2.43. The van der Waals surface area contributed by atoms with E-state index in [4.69, 9.17) is 13.3 Å². The second-order valence-corrected chi connectivity index (χ2v) is 13.9. The van der Waals surface area contributed by atoms with E-state index in [0.717, 1.165) is 18.9 Å². The van der Waals surface area contributed by atoms with Gasteiger partial charge in [0.05, 0.1) is 6.54 Å². The van der Waals surface area contributed by atoms with Crippen molar-refractivity contribution in [3.05, 3.63) is 0 Å². The van der Waals surface area contributed by atoms with Crippen LogP contribution in [0.4, 0.5) is 0 Å². The zero-order valence-corrected chi connectivity index (χ0v) is 27.6. The smallest absolute Gasteiger partial charge is 0.374 e. The SMILES string of the molecule is CCO[Si](CCCCCCCCCCCCCCCCCCCCCCCCCCN=C=O)(OCC)OCC. The molecule has 0 amide bonds. The molecule has 0 aliphatic carbocycles. The quantitative estimate of drug-likeness (QED) is 0.0341. The van der Waals surface area contributed by atoms with Crippen LogP contribution < -0.4 is 0 Å². The highest BCUT2D eigenvalue weighted by Crippen LogP contribution is 2.21. The summed E-state index contributed by atoms with van der Waals surface area (Å²) in [5, 5.41) is 0. The molecule has 0 atom stereocenters. The zero-order chi connectivity index (χ0) is 28.5. The molecule has 0 aromatic rings. The van der Waals surface area contributed by atoms with Crippen molar-refractivity contribution in [1.82, 2.24) is 0 Å². The molecule has 0 fully saturated rings. The van der Waals surface area contributed by atoms with Gasteiger partial charge in [-0.1, -0.05) is 141 Å². The van der Waals surface area contributed by atoms with Crippen molar-refractivity contribution >= 4 is 14.9 Å². The molecule has 0 saturated heterocycles. The first-order chi connectivity index (χ1) is 19.2. The van der Waals surface area contributed by atoms with E-state index >= 15 is 0 Å². The largest absolute Gasteiger partial charge is 0.500 e. The van der Waals surface area contributed by atoms with Gasteiger partial charge in [-0.05, 0) is 33.6 Å². The Balaban J connectivity index is 3.28. The highest BCUT2D eigenvalue weighted by molar-refractivity contribution is 6.60. The molecule has 6 heteroatoms. The molecular formula is C33H67NO4Si. The van der Waals surface area contributed by atoms with Crippen molar-refractivity contribution in [3.8, 4) is 0 Å². The molecule has 0 radical (unpaired) electrons. The Morgan fingerprint density at radius 1 is 0.436 bits per heavy atom. The van der Waals surface area contributed by atoms with Gasteiger partial charge in [0.2, 0.25) is 6.08 Å². The maximum Gasteiger partial charge on any atom is 0.500 e. The number of nitrogens with zero attached hydrogens (tertiary/aromatic N) is 1. The molecule has 0 saturated carbocycles. The van der Waals surface area contributed by atoms with Gasteiger partial charge in [0.1, 0.15) is 0 Å². The van der Waals surface area contributed by atoms with Gasteiger partial charge in [-0.2, -0.15) is 0 Å². The molecule has 0 aromatic carbocycles. The average Bonchev–Trinajstić information content (AvgIpc) is 2.93. The Kier molecular flexibility index (Phi) is 31.6. The van der Waals surface area contributed by atoms with Crippen molar-refractivity contribution in [1.29, 1.82) is 0 Å². The Morgan fingerprint density at radius 3 is 0.949 bits per heavy atom. The molecule has 5 nitrogen and oxygen atoms in total. The lowest BCUT2D eigenvalue weighted by Crippen LogP contribution is -2.45. The second kappa shape index (κ2) is 32.0. The summed E-state index contributed by atoms with van der Waals surface area (Å²) in [6, 6.07) is 0.965. The number of hydrogen-bond donors (Lipinski definition) is 0. The fourth-order valence-corrected chi connectivity index (χ4v) is 8.15. The van der Waals surface area contributed by atoms with Crippen LogP contribution in [0.15, 0.2) is 4.99 Å². The number of aliphatic imine (C=N–C) groups is 1. The molecule has 232 valence electrons. The molecule has 0 aliphatic heterocycles. The van der Waals surface area contributed by atoms with Crippen LogP contribution in [0.1, 0.15) is 175 Å². The molecule has 0 unspecified atom stereocenters. The maximum atomic E-state index is 9.99. The highest BCUT2D eigenvalue weighted by atomic mass is 28.4. The third-order valence-electron chi connectivity index (χ3n) is 7.66. The summed E-state index contributed by atoms with van der Waals surface area (Å²) in [5.41, 5.74) is 0. The number of carbonyl (C=O) groups excluding carboxylic acids is 1. The van der Waals surface area contributed by atoms with Crippen molar-refractivity contribution in [2.45, 2.75) is 181 Å². The van der Waals surface area contributed by atoms with Gasteiger partial charge in [0, 0.05) is 25.9 Å². The summed E-state index contributed by atoms with van der Waals surface area (Å²) in [6.07, 6.45) is 34.4. The van der Waals surface area contributed by atoms with Crippen LogP contribution in [-0.2, 0) is 18.1 Å². The first-order valence-electron chi connectivity index (χ1n) is 17.2. The molecule has 0 rings (SSSR count). The third kappa shape index (κ3) is 27.4. The number of isocyanates is 1. The van der Waals surface area contributed by atoms with Crippen LogP contribution in [0.25, 0.3) is 0 Å². The second-order valence-electron chi connectivity index (χ2n) is 11.2. The summed E-state index contributed by atoms with van der Waals surface area (Å²) < 4.78 is 17.9. The fraction of sp³-hybridized carbons (Fsp3) is 0.970. The fourth-order valence-electron chi connectivity index (χ4n) is 5.47. The summed E-state index contributed by atoms with van der Waals surface area (Å²) >= 11 is 0. The monoisotopic (exact) mass is 569 g/mol. The van der Waals surface area contributed by atoms with E-state index in [9.17, 15) is 4.79 Å². The van der Waals surface area contributed by atoms with Crippen LogP contribution in [-0.4, -0.2) is 41.2 Å². The standard InChI is InChI=1S/C33H67NO4Si/c1-4-36-39(37-5-2,38-6-3)32-30-28-26-24-22-20-18-16-14-12-10-8-7-9-11-13-15-17-19-21-23-25-27-29-31-34-33-35/h4-32H2,1-3H3. The van der Waals surface area contributed by atoms with Crippen LogP contribution >= 0.6 is 0 Å². The normalized spacial score (nSPS) is 11.7. The van der Waals surface area contributed by atoms with E-state index in [-0.39, 0.29) is 0 Å². The van der Waals surface area contributed by atoms with Gasteiger partial charge in [-0.15, -0.1) is 0 Å². The lowest BCUT2D eigenvalue weighted by atomic mass is 10.0. The van der Waals surface area contributed by atoms with Crippen LogP contribution in [0, 0.1) is 0 Å². The van der Waals surface area contributed by atoms with Crippen molar-refractivity contribution < 1.29 is 18.1 Å². The minimum Gasteiger partial charge on any atom is -0.374 e. The zero-order valence-electron chi connectivity index (χ0n) is 26.6. The van der Waals surface area contributed by atoms with E-state index in [2.05, 4.69) is 4.99 Å². The average molecular weight is 570 g/mol. The number of unbranched alkanes of at least 4 members (excludes halogenated alkanes) is 23. The van der Waals surface area contributed by atoms with E-state index < -0.39 is 8.80 Å². The van der Waals surface area contributed by atoms with Crippen LogP contribution in [0.3, 0.4) is 0 Å². The van der Waals surface area contributed by atoms with Gasteiger partial charge in [0.25, 0.3) is 0 Å². The van der Waals surface area contributed by atoms with Gasteiger partial charge in [-0.25, -0.2) is 9.79 Å². The lowest BCUT2D eigenvalue weighted by Gasteiger charge is -2.28. The molecule has 0 aromatic heterocycles. The molecule has 0 heterocycles. The van der Waals surface area contributed by atoms with Gasteiger partial charge in [-0.3, -0.25) is 0 Å². The highest BCUT2D eigenvalue weighted by Gasteiger charge is 2.39. The Bertz CT molecular complexity index is 511. The first-order valence-corrected chi connectivity index (χ1v) is 19.1. The Labute approximate surface area is 245 Å². The van der Waals surface area contributed by atoms with Crippen molar-refractivity contribution in [3.63, 3.8) is 0 Å². The molecule has 0 N–H and O–H groups in total. The van der Waals surface area contributed by atoms with E-state index in [1.54, 1.807) is 6.08 Å². The molecule has 0 bridgehead atoms. The maximum absolute atomic E-state index is 9.99. The Hall–Kier alpha value is -0.523. The predicted molar refractivity (Wildman–Crippen MR) is 169 cm³/mol. The number of hydrogen-bond acceptors (Lipinski definition) is 5. The van der Waals surface area contributed by atoms with E-state index in [1.165, 1.54) is 141 Å². The van der Waals surface area contributed by atoms with E-state index in [1.807, 2.05) is 20.8 Å². The molecule has 0 aliphatic rings. The minimum absolute atomic E-state index is 0.662. The summed E-state index contributed by atoms with van der Waals surface area (Å²) in [6.45, 7) is 8.81. The predicted octanol–water partition coefficient (Wildman–Crippen LogP) is 10.7. The molecular weight excluding hydrogens is 502 g/mol. The first kappa shape index (κ1) is 38.5.